The fourth-order valence-corrected chi connectivity index (χ4v) is 4.62. The molecule has 160 valence electrons. The number of thiazole rings is 1. The largest absolute Gasteiger partial charge is 0.497 e. The summed E-state index contributed by atoms with van der Waals surface area (Å²) >= 11 is 1.42. The van der Waals surface area contributed by atoms with Crippen LogP contribution in [0.2, 0.25) is 0 Å². The second-order valence-electron chi connectivity index (χ2n) is 7.29. The molecule has 1 aliphatic rings. The van der Waals surface area contributed by atoms with Gasteiger partial charge in [0.15, 0.2) is 5.13 Å². The molecule has 0 fully saturated rings. The molecule has 8 heteroatoms. The summed E-state index contributed by atoms with van der Waals surface area (Å²) in [7, 11) is 3.15. The molecule has 0 saturated heterocycles. The summed E-state index contributed by atoms with van der Waals surface area (Å²) in [6.07, 6.45) is 1.45. The van der Waals surface area contributed by atoms with Crippen LogP contribution in [0.3, 0.4) is 0 Å². The predicted molar refractivity (Wildman–Crippen MR) is 120 cm³/mol. The maximum absolute atomic E-state index is 13.0. The van der Waals surface area contributed by atoms with E-state index < -0.39 is 0 Å². The Morgan fingerprint density at radius 3 is 2.55 bits per heavy atom. The molecule has 0 saturated carbocycles. The van der Waals surface area contributed by atoms with Crippen LogP contribution in [0, 0.1) is 6.92 Å². The summed E-state index contributed by atoms with van der Waals surface area (Å²) in [6, 6.07) is 12.5. The average Bonchev–Trinajstić information content (AvgIpc) is 3.34. The second kappa shape index (κ2) is 8.77. The van der Waals surface area contributed by atoms with Gasteiger partial charge in [0.25, 0.3) is 5.91 Å². The summed E-state index contributed by atoms with van der Waals surface area (Å²) in [5.41, 5.74) is 2.92. The van der Waals surface area contributed by atoms with Crippen LogP contribution >= 0.6 is 11.3 Å². The number of carbonyl (C=O) groups excluding carboxylic acids is 2. The number of amides is 2. The lowest BCUT2D eigenvalue weighted by Gasteiger charge is -2.14. The Hall–Kier alpha value is -3.39. The zero-order chi connectivity index (χ0) is 22.0. The van der Waals surface area contributed by atoms with Gasteiger partial charge in [-0.15, -0.1) is 11.3 Å². The molecule has 4 rings (SSSR count). The quantitative estimate of drug-likeness (QED) is 0.597. The van der Waals surface area contributed by atoms with Crippen LogP contribution in [-0.2, 0) is 11.2 Å². The van der Waals surface area contributed by atoms with Gasteiger partial charge in [-0.2, -0.15) is 0 Å². The van der Waals surface area contributed by atoms with Gasteiger partial charge >= 0.3 is 0 Å². The number of anilines is 2. The molecule has 1 aromatic heterocycles. The summed E-state index contributed by atoms with van der Waals surface area (Å²) in [5, 5.41) is 6.31. The minimum Gasteiger partial charge on any atom is -0.497 e. The third-order valence-corrected chi connectivity index (χ3v) is 6.27. The number of aryl methyl sites for hydroxylation is 2. The Kier molecular flexibility index (Phi) is 5.90. The lowest BCUT2D eigenvalue weighted by Crippen LogP contribution is -2.20. The van der Waals surface area contributed by atoms with E-state index in [4.69, 9.17) is 9.47 Å². The van der Waals surface area contributed by atoms with Crippen molar-refractivity contribution >= 4 is 34.0 Å². The average molecular weight is 438 g/mol. The molecule has 1 unspecified atom stereocenters. The summed E-state index contributed by atoms with van der Waals surface area (Å²) in [4.78, 5) is 31.1. The molecule has 2 N–H and O–H groups in total. The van der Waals surface area contributed by atoms with Crippen molar-refractivity contribution in [3.8, 4) is 11.5 Å². The molecule has 0 radical (unpaired) electrons. The molecule has 0 bridgehead atoms. The van der Waals surface area contributed by atoms with E-state index in [0.29, 0.717) is 34.3 Å². The molecule has 0 aliphatic heterocycles. The standard InChI is InChI=1S/C23H23N3O4S/c1-13-4-10-18(30-3)17(12-13)24-22(28)16-9-11-19-20(16)25-23(31-19)26-21(27)14-5-7-15(29-2)8-6-14/h4-8,10,12,16H,9,11H2,1-3H3,(H,24,28)(H,25,26,27). The molecule has 2 aromatic carbocycles. The van der Waals surface area contributed by atoms with Crippen molar-refractivity contribution < 1.29 is 19.1 Å². The van der Waals surface area contributed by atoms with Crippen LogP contribution in [0.25, 0.3) is 0 Å². The Labute approximate surface area is 184 Å². The van der Waals surface area contributed by atoms with Crippen molar-refractivity contribution in [1.29, 1.82) is 0 Å². The molecule has 7 nitrogen and oxygen atoms in total. The van der Waals surface area contributed by atoms with Crippen LogP contribution in [0.4, 0.5) is 10.8 Å². The van der Waals surface area contributed by atoms with E-state index in [1.54, 1.807) is 38.5 Å². The second-order valence-corrected chi connectivity index (χ2v) is 8.38. The SMILES string of the molecule is COc1ccc(C(=O)Nc2nc3c(s2)CCC3C(=O)Nc2cc(C)ccc2OC)cc1. The summed E-state index contributed by atoms with van der Waals surface area (Å²) in [6.45, 7) is 1.96. The third kappa shape index (κ3) is 4.39. The zero-order valence-corrected chi connectivity index (χ0v) is 18.3. The highest BCUT2D eigenvalue weighted by Gasteiger charge is 2.33. The van der Waals surface area contributed by atoms with Gasteiger partial charge in [-0.05, 0) is 61.7 Å². The molecule has 31 heavy (non-hydrogen) atoms. The highest BCUT2D eigenvalue weighted by Crippen LogP contribution is 2.39. The molecule has 2 amide bonds. The third-order valence-electron chi connectivity index (χ3n) is 5.22. The Balaban J connectivity index is 1.47. The maximum Gasteiger partial charge on any atom is 0.257 e. The van der Waals surface area contributed by atoms with Crippen molar-refractivity contribution in [2.24, 2.45) is 0 Å². The van der Waals surface area contributed by atoms with Gasteiger partial charge in [0, 0.05) is 10.4 Å². The summed E-state index contributed by atoms with van der Waals surface area (Å²) < 4.78 is 10.5. The predicted octanol–water partition coefficient (Wildman–Crippen LogP) is 4.39. The first-order valence-electron chi connectivity index (χ1n) is 9.89. The van der Waals surface area contributed by atoms with Gasteiger partial charge in [0.1, 0.15) is 11.5 Å². The van der Waals surface area contributed by atoms with Crippen molar-refractivity contribution in [3.63, 3.8) is 0 Å². The van der Waals surface area contributed by atoms with Gasteiger partial charge in [0.2, 0.25) is 5.91 Å². The Morgan fingerprint density at radius 2 is 1.84 bits per heavy atom. The molecule has 1 aliphatic carbocycles. The Bertz CT molecular complexity index is 1120. The van der Waals surface area contributed by atoms with E-state index >= 15 is 0 Å². The van der Waals surface area contributed by atoms with E-state index in [9.17, 15) is 9.59 Å². The van der Waals surface area contributed by atoms with Crippen molar-refractivity contribution in [2.75, 3.05) is 24.9 Å². The van der Waals surface area contributed by atoms with Crippen molar-refractivity contribution in [2.45, 2.75) is 25.7 Å². The van der Waals surface area contributed by atoms with Crippen LogP contribution in [-0.4, -0.2) is 31.0 Å². The first-order valence-corrected chi connectivity index (χ1v) is 10.7. The highest BCUT2D eigenvalue weighted by molar-refractivity contribution is 7.16. The molecule has 1 atom stereocenters. The fraction of sp³-hybridized carbons (Fsp3) is 0.261. The molecular weight excluding hydrogens is 414 g/mol. The number of hydrogen-bond donors (Lipinski definition) is 2. The van der Waals surface area contributed by atoms with Crippen LogP contribution in [0.1, 0.15) is 38.8 Å². The number of aromatic nitrogens is 1. The highest BCUT2D eigenvalue weighted by atomic mass is 32.1. The van der Waals surface area contributed by atoms with E-state index in [1.165, 1.54) is 11.3 Å². The smallest absolute Gasteiger partial charge is 0.257 e. The van der Waals surface area contributed by atoms with Crippen LogP contribution in [0.5, 0.6) is 11.5 Å². The van der Waals surface area contributed by atoms with E-state index in [1.807, 2.05) is 25.1 Å². The van der Waals surface area contributed by atoms with Gasteiger partial charge in [-0.25, -0.2) is 4.98 Å². The van der Waals surface area contributed by atoms with E-state index in [2.05, 4.69) is 15.6 Å². The number of nitrogens with one attached hydrogen (secondary N) is 2. The molecule has 1 heterocycles. The molecular formula is C23H23N3O4S. The maximum atomic E-state index is 13.0. The van der Waals surface area contributed by atoms with Crippen LogP contribution in [0.15, 0.2) is 42.5 Å². The topological polar surface area (TPSA) is 89.5 Å². The summed E-state index contributed by atoms with van der Waals surface area (Å²) in [5.74, 6) is 0.566. The molecule has 0 spiro atoms. The minimum absolute atomic E-state index is 0.124. The number of ether oxygens (including phenoxy) is 2. The molecule has 3 aromatic rings. The first kappa shape index (κ1) is 20.9. The number of methoxy groups -OCH3 is 2. The van der Waals surface area contributed by atoms with E-state index in [0.717, 1.165) is 22.6 Å². The van der Waals surface area contributed by atoms with Gasteiger partial charge in [-0.1, -0.05) is 6.07 Å². The Morgan fingerprint density at radius 1 is 1.06 bits per heavy atom. The van der Waals surface area contributed by atoms with Gasteiger partial charge in [-0.3, -0.25) is 14.9 Å². The lowest BCUT2D eigenvalue weighted by molar-refractivity contribution is -0.117. The first-order chi connectivity index (χ1) is 15.0. The lowest BCUT2D eigenvalue weighted by atomic mass is 10.1. The normalized spacial score (nSPS) is 14.6. The van der Waals surface area contributed by atoms with Gasteiger partial charge in [0.05, 0.1) is 31.5 Å². The van der Waals surface area contributed by atoms with Crippen LogP contribution < -0.4 is 20.1 Å². The van der Waals surface area contributed by atoms with Crippen molar-refractivity contribution in [3.05, 3.63) is 64.2 Å². The number of carbonyl (C=O) groups is 2. The minimum atomic E-state index is -0.358. The number of hydrogen-bond acceptors (Lipinski definition) is 6. The number of fused-ring (bicyclic) bond motifs is 1. The number of nitrogens with zero attached hydrogens (tertiary/aromatic N) is 1. The van der Waals surface area contributed by atoms with Crippen molar-refractivity contribution in [1.82, 2.24) is 4.98 Å². The van der Waals surface area contributed by atoms with Gasteiger partial charge < -0.3 is 14.8 Å². The zero-order valence-electron chi connectivity index (χ0n) is 17.5. The van der Waals surface area contributed by atoms with E-state index in [-0.39, 0.29) is 17.7 Å². The monoisotopic (exact) mass is 437 g/mol. The number of rotatable bonds is 6. The number of benzene rings is 2. The fourth-order valence-electron chi connectivity index (χ4n) is 3.59.